The second kappa shape index (κ2) is 23.1. The average Bonchev–Trinajstić information content (AvgIpc) is 3.05. The van der Waals surface area contributed by atoms with E-state index in [0.29, 0.717) is 12.1 Å². The number of nitrogens with zero attached hydrogens (tertiary/aromatic N) is 4. The van der Waals surface area contributed by atoms with Crippen LogP contribution in [-0.2, 0) is 9.47 Å². The van der Waals surface area contributed by atoms with Crippen LogP contribution in [0.5, 0.6) is 0 Å². The first kappa shape index (κ1) is 39.9. The zero-order valence-corrected chi connectivity index (χ0v) is 31.2. The molecule has 6 heteroatoms. The van der Waals surface area contributed by atoms with Crippen molar-refractivity contribution in [1.82, 2.24) is 19.6 Å². The maximum atomic E-state index is 6.08. The average molecular weight is 623 g/mol. The van der Waals surface area contributed by atoms with Crippen LogP contribution in [0, 0.1) is 29.6 Å². The van der Waals surface area contributed by atoms with Gasteiger partial charge in [0, 0.05) is 38.8 Å². The molecule has 0 amide bonds. The van der Waals surface area contributed by atoms with Crippen LogP contribution < -0.4 is 0 Å². The molecule has 4 fully saturated rings. The van der Waals surface area contributed by atoms with E-state index in [9.17, 15) is 0 Å². The Kier molecular flexibility index (Phi) is 21.0. The van der Waals surface area contributed by atoms with Crippen molar-refractivity contribution in [2.45, 2.75) is 126 Å². The van der Waals surface area contributed by atoms with E-state index in [1.807, 2.05) is 13.8 Å². The molecule has 0 aromatic carbocycles. The van der Waals surface area contributed by atoms with Gasteiger partial charge in [0.2, 0.25) is 0 Å². The predicted octanol–water partition coefficient (Wildman–Crippen LogP) is 7.37. The van der Waals surface area contributed by atoms with Crippen LogP contribution in [0.4, 0.5) is 0 Å². The Labute approximate surface area is 275 Å². The van der Waals surface area contributed by atoms with Crippen molar-refractivity contribution in [3.8, 4) is 0 Å². The Morgan fingerprint density at radius 1 is 0.568 bits per heavy atom. The van der Waals surface area contributed by atoms with Crippen molar-refractivity contribution in [3.05, 3.63) is 0 Å². The van der Waals surface area contributed by atoms with Gasteiger partial charge in [0.25, 0.3) is 0 Å². The molecule has 0 radical (unpaired) electrons. The predicted molar refractivity (Wildman–Crippen MR) is 191 cm³/mol. The van der Waals surface area contributed by atoms with E-state index in [0.717, 1.165) is 62.5 Å². The fourth-order valence-corrected chi connectivity index (χ4v) is 7.51. The minimum Gasteiger partial charge on any atom is -0.380 e. The summed E-state index contributed by atoms with van der Waals surface area (Å²) in [5.41, 5.74) is 0. The highest BCUT2D eigenvalue weighted by molar-refractivity contribution is 4.77. The number of ether oxygens (including phenoxy) is 2. The summed E-state index contributed by atoms with van der Waals surface area (Å²) in [5.74, 6) is 4.41. The van der Waals surface area contributed by atoms with Gasteiger partial charge in [-0.1, -0.05) is 48.5 Å². The summed E-state index contributed by atoms with van der Waals surface area (Å²) in [7, 11) is 0. The van der Waals surface area contributed by atoms with E-state index < -0.39 is 0 Å². The zero-order chi connectivity index (χ0) is 32.3. The van der Waals surface area contributed by atoms with Gasteiger partial charge in [-0.3, -0.25) is 0 Å². The summed E-state index contributed by atoms with van der Waals surface area (Å²) in [5, 5.41) is 0. The van der Waals surface area contributed by atoms with Crippen LogP contribution in [-0.4, -0.2) is 124 Å². The smallest absolute Gasteiger partial charge is 0.0600 e. The van der Waals surface area contributed by atoms with Crippen LogP contribution >= 0.6 is 0 Å². The van der Waals surface area contributed by atoms with Crippen molar-refractivity contribution in [2.75, 3.05) is 91.8 Å². The van der Waals surface area contributed by atoms with Gasteiger partial charge < -0.3 is 29.1 Å². The Balaban J connectivity index is 0.000000292. The number of likely N-dealkylation sites (tertiary alicyclic amines) is 4. The van der Waals surface area contributed by atoms with Gasteiger partial charge in [-0.25, -0.2) is 0 Å². The molecular formula is C38H78N4O2. The van der Waals surface area contributed by atoms with Gasteiger partial charge >= 0.3 is 0 Å². The highest BCUT2D eigenvalue weighted by Crippen LogP contribution is 2.25. The van der Waals surface area contributed by atoms with Gasteiger partial charge in [0.1, 0.15) is 0 Å². The molecule has 4 saturated heterocycles. The molecule has 44 heavy (non-hydrogen) atoms. The summed E-state index contributed by atoms with van der Waals surface area (Å²) in [4.78, 5) is 10.3. The van der Waals surface area contributed by atoms with Crippen molar-refractivity contribution in [2.24, 2.45) is 29.6 Å². The summed E-state index contributed by atoms with van der Waals surface area (Å²) in [6, 6.07) is 0.704. The summed E-state index contributed by atoms with van der Waals surface area (Å²) in [6.45, 7) is 36.7. The number of rotatable bonds is 13. The summed E-state index contributed by atoms with van der Waals surface area (Å²) in [6.07, 6.45) is 11.1. The lowest BCUT2D eigenvalue weighted by Crippen LogP contribution is -2.40. The highest BCUT2D eigenvalue weighted by Gasteiger charge is 2.24. The second-order valence-electron chi connectivity index (χ2n) is 15.0. The molecule has 0 unspecified atom stereocenters. The van der Waals surface area contributed by atoms with E-state index in [-0.39, 0.29) is 0 Å². The standard InChI is InChI=1S/C19H38N2O.C17H34N2O.C2H6/c1-16(2)19-7-9-20(10-8-19)13-14-22-15-18-5-11-21(12-6-18)17(3)4;1-4-18-11-7-17(8-12-18)20-14-13-19-9-5-16(6-10-19)15(2)3;1-2/h16-19H,5-15H2,1-4H3;15-17H,4-14H2,1-3H3;1-2H3. The summed E-state index contributed by atoms with van der Waals surface area (Å²) >= 11 is 0. The van der Waals surface area contributed by atoms with Crippen LogP contribution in [0.1, 0.15) is 114 Å². The summed E-state index contributed by atoms with van der Waals surface area (Å²) < 4.78 is 12.1. The normalized spacial score (nSPS) is 23.2. The lowest BCUT2D eigenvalue weighted by Gasteiger charge is -2.35. The monoisotopic (exact) mass is 623 g/mol. The maximum absolute atomic E-state index is 6.08. The molecule has 0 aromatic rings. The van der Waals surface area contributed by atoms with Gasteiger partial charge in [0.15, 0.2) is 0 Å². The molecule has 0 aliphatic carbocycles. The lowest BCUT2D eigenvalue weighted by atomic mass is 9.87. The van der Waals surface area contributed by atoms with Gasteiger partial charge in [0.05, 0.1) is 19.3 Å². The Morgan fingerprint density at radius 3 is 1.45 bits per heavy atom. The highest BCUT2D eigenvalue weighted by atomic mass is 16.5. The molecule has 0 saturated carbocycles. The van der Waals surface area contributed by atoms with E-state index in [2.05, 4.69) is 68.1 Å². The third-order valence-electron chi connectivity index (χ3n) is 11.2. The van der Waals surface area contributed by atoms with Crippen LogP contribution in [0.3, 0.4) is 0 Å². The van der Waals surface area contributed by atoms with Crippen LogP contribution in [0.25, 0.3) is 0 Å². The number of hydrogen-bond acceptors (Lipinski definition) is 6. The second-order valence-corrected chi connectivity index (χ2v) is 15.0. The largest absolute Gasteiger partial charge is 0.380 e. The van der Waals surface area contributed by atoms with E-state index >= 15 is 0 Å². The van der Waals surface area contributed by atoms with Gasteiger partial charge in [-0.15, -0.1) is 0 Å². The van der Waals surface area contributed by atoms with Gasteiger partial charge in [-0.05, 0) is 141 Å². The van der Waals surface area contributed by atoms with Crippen molar-refractivity contribution in [1.29, 1.82) is 0 Å². The fraction of sp³-hybridized carbons (Fsp3) is 1.00. The SMILES string of the molecule is CC.CC(C)C1CCN(CCOCC2CCN(C(C)C)CC2)CC1.CCN1CCC(OCCN2CCC(C(C)C)CC2)CC1. The molecule has 4 aliphatic rings. The van der Waals surface area contributed by atoms with Gasteiger partial charge in [-0.2, -0.15) is 0 Å². The molecule has 0 bridgehead atoms. The molecule has 4 rings (SSSR count). The van der Waals surface area contributed by atoms with Crippen LogP contribution in [0.15, 0.2) is 0 Å². The maximum Gasteiger partial charge on any atom is 0.0600 e. The molecule has 0 N–H and O–H groups in total. The first-order chi connectivity index (χ1) is 21.2. The Hall–Kier alpha value is -0.240. The topological polar surface area (TPSA) is 31.4 Å². The first-order valence-corrected chi connectivity index (χ1v) is 19.4. The van der Waals surface area contributed by atoms with E-state index in [1.165, 1.54) is 110 Å². The first-order valence-electron chi connectivity index (χ1n) is 19.4. The minimum atomic E-state index is 0.519. The van der Waals surface area contributed by atoms with Crippen molar-refractivity contribution >= 4 is 0 Å². The van der Waals surface area contributed by atoms with E-state index in [4.69, 9.17) is 9.47 Å². The molecular weight excluding hydrogens is 544 g/mol. The van der Waals surface area contributed by atoms with Crippen molar-refractivity contribution in [3.63, 3.8) is 0 Å². The third-order valence-corrected chi connectivity index (χ3v) is 11.2. The zero-order valence-electron chi connectivity index (χ0n) is 31.2. The quantitative estimate of drug-likeness (QED) is 0.199. The molecule has 0 aromatic heterocycles. The van der Waals surface area contributed by atoms with Crippen LogP contribution in [0.2, 0.25) is 0 Å². The fourth-order valence-electron chi connectivity index (χ4n) is 7.51. The Bertz CT molecular complexity index is 628. The number of piperidine rings is 4. The molecule has 4 aliphatic heterocycles. The molecule has 0 spiro atoms. The molecule has 4 heterocycles. The minimum absolute atomic E-state index is 0.519. The molecule has 6 nitrogen and oxygen atoms in total. The Morgan fingerprint density at radius 2 is 1.02 bits per heavy atom. The lowest BCUT2D eigenvalue weighted by molar-refractivity contribution is -0.00458. The third kappa shape index (κ3) is 15.6. The number of hydrogen-bond donors (Lipinski definition) is 0. The molecule has 262 valence electrons. The van der Waals surface area contributed by atoms with Crippen molar-refractivity contribution < 1.29 is 9.47 Å². The van der Waals surface area contributed by atoms with E-state index in [1.54, 1.807) is 0 Å². The molecule has 0 atom stereocenters.